The number of hydrogen-bond acceptors (Lipinski definition) is 4. The van der Waals surface area contributed by atoms with E-state index < -0.39 is 5.97 Å². The molecule has 20 heavy (non-hydrogen) atoms. The lowest BCUT2D eigenvalue weighted by Crippen LogP contribution is -2.01. The second-order valence-corrected chi connectivity index (χ2v) is 4.14. The van der Waals surface area contributed by atoms with E-state index >= 15 is 0 Å². The highest BCUT2D eigenvalue weighted by Gasteiger charge is 2.14. The second kappa shape index (κ2) is 5.44. The standard InChI is InChI=1S/C15H12O5/c1-9-10(15(18)19)4-2-6-13(9)20-14-7-3-5-12(17)11(14)8-16/h2-8,17H,1H3,(H,18,19). The monoisotopic (exact) mass is 272 g/mol. The topological polar surface area (TPSA) is 83.8 Å². The van der Waals surface area contributed by atoms with E-state index in [1.165, 1.54) is 24.3 Å². The summed E-state index contributed by atoms with van der Waals surface area (Å²) < 4.78 is 5.55. The van der Waals surface area contributed by atoms with E-state index in [1.807, 2.05) is 0 Å². The zero-order valence-corrected chi connectivity index (χ0v) is 10.7. The summed E-state index contributed by atoms with van der Waals surface area (Å²) in [7, 11) is 0. The van der Waals surface area contributed by atoms with Crippen LogP contribution in [0.15, 0.2) is 36.4 Å². The molecule has 0 spiro atoms. The van der Waals surface area contributed by atoms with Crippen molar-refractivity contribution in [1.29, 1.82) is 0 Å². The third-order valence-electron chi connectivity index (χ3n) is 2.90. The Morgan fingerprint density at radius 3 is 2.45 bits per heavy atom. The molecule has 0 heterocycles. The van der Waals surface area contributed by atoms with Crippen LogP contribution in [-0.2, 0) is 0 Å². The molecule has 2 rings (SSSR count). The first-order chi connectivity index (χ1) is 9.54. The van der Waals surface area contributed by atoms with Crippen molar-refractivity contribution in [3.63, 3.8) is 0 Å². The molecule has 0 atom stereocenters. The number of aromatic carboxylic acids is 1. The molecule has 0 saturated carbocycles. The van der Waals surface area contributed by atoms with Crippen molar-refractivity contribution in [2.24, 2.45) is 0 Å². The quantitative estimate of drug-likeness (QED) is 0.836. The molecule has 5 nitrogen and oxygen atoms in total. The number of benzene rings is 2. The van der Waals surface area contributed by atoms with Gasteiger partial charge in [0.15, 0.2) is 6.29 Å². The predicted molar refractivity (Wildman–Crippen MR) is 71.7 cm³/mol. The van der Waals surface area contributed by atoms with Crippen molar-refractivity contribution < 1.29 is 24.5 Å². The maximum Gasteiger partial charge on any atom is 0.336 e. The zero-order chi connectivity index (χ0) is 14.7. The van der Waals surface area contributed by atoms with Gasteiger partial charge >= 0.3 is 5.97 Å². The van der Waals surface area contributed by atoms with E-state index in [-0.39, 0.29) is 22.6 Å². The maximum absolute atomic E-state index is 11.1. The van der Waals surface area contributed by atoms with Crippen LogP contribution < -0.4 is 4.74 Å². The lowest BCUT2D eigenvalue weighted by atomic mass is 10.1. The number of carbonyl (C=O) groups excluding carboxylic acids is 1. The summed E-state index contributed by atoms with van der Waals surface area (Å²) in [6.07, 6.45) is 0.487. The summed E-state index contributed by atoms with van der Waals surface area (Å²) in [6, 6.07) is 9.05. The molecule has 0 aliphatic carbocycles. The normalized spacial score (nSPS) is 10.1. The van der Waals surface area contributed by atoms with Crippen LogP contribution in [0.4, 0.5) is 0 Å². The van der Waals surface area contributed by atoms with Crippen LogP contribution in [0.5, 0.6) is 17.2 Å². The summed E-state index contributed by atoms with van der Waals surface area (Å²) in [6.45, 7) is 1.61. The Labute approximate surface area is 115 Å². The number of carboxylic acid groups (broad SMARTS) is 1. The van der Waals surface area contributed by atoms with E-state index in [9.17, 15) is 14.7 Å². The highest BCUT2D eigenvalue weighted by molar-refractivity contribution is 5.90. The van der Waals surface area contributed by atoms with Crippen LogP contribution in [0, 0.1) is 6.92 Å². The van der Waals surface area contributed by atoms with Gasteiger partial charge in [0.1, 0.15) is 17.2 Å². The van der Waals surface area contributed by atoms with Gasteiger partial charge in [-0.15, -0.1) is 0 Å². The van der Waals surface area contributed by atoms with E-state index in [1.54, 1.807) is 19.1 Å². The molecule has 0 bridgehead atoms. The molecule has 5 heteroatoms. The van der Waals surface area contributed by atoms with Crippen LogP contribution in [0.25, 0.3) is 0 Å². The number of aldehydes is 1. The number of carboxylic acids is 1. The summed E-state index contributed by atoms with van der Waals surface area (Å²) in [5.74, 6) is -0.756. The molecular weight excluding hydrogens is 260 g/mol. The van der Waals surface area contributed by atoms with Crippen LogP contribution in [0.3, 0.4) is 0 Å². The molecule has 0 unspecified atom stereocenters. The van der Waals surface area contributed by atoms with Crippen molar-refractivity contribution in [2.75, 3.05) is 0 Å². The molecule has 102 valence electrons. The first kappa shape index (κ1) is 13.6. The summed E-state index contributed by atoms with van der Waals surface area (Å²) in [5, 5.41) is 18.6. The smallest absolute Gasteiger partial charge is 0.336 e. The third kappa shape index (κ3) is 2.47. The first-order valence-corrected chi connectivity index (χ1v) is 5.82. The molecular formula is C15H12O5. The Kier molecular flexibility index (Phi) is 3.70. The molecule has 0 saturated heterocycles. The van der Waals surface area contributed by atoms with E-state index in [0.29, 0.717) is 17.6 Å². The molecule has 2 aromatic carbocycles. The molecule has 2 N–H and O–H groups in total. The van der Waals surface area contributed by atoms with Gasteiger partial charge in [-0.2, -0.15) is 0 Å². The minimum absolute atomic E-state index is 0.0210. The Bertz CT molecular complexity index is 676. The van der Waals surface area contributed by atoms with E-state index in [4.69, 9.17) is 9.84 Å². The minimum atomic E-state index is -1.06. The lowest BCUT2D eigenvalue weighted by molar-refractivity contribution is 0.0695. The van der Waals surface area contributed by atoms with Gasteiger partial charge in [-0.05, 0) is 31.2 Å². The molecule has 2 aromatic rings. The minimum Gasteiger partial charge on any atom is -0.507 e. The number of phenols is 1. The average molecular weight is 272 g/mol. The van der Waals surface area contributed by atoms with Crippen molar-refractivity contribution in [1.82, 2.24) is 0 Å². The van der Waals surface area contributed by atoms with Crippen LogP contribution in [-0.4, -0.2) is 22.5 Å². The first-order valence-electron chi connectivity index (χ1n) is 5.82. The number of rotatable bonds is 4. The Balaban J connectivity index is 2.46. The fraction of sp³-hybridized carbons (Fsp3) is 0.0667. The second-order valence-electron chi connectivity index (χ2n) is 4.14. The Morgan fingerprint density at radius 2 is 1.80 bits per heavy atom. The highest BCUT2D eigenvalue weighted by atomic mass is 16.5. The van der Waals surface area contributed by atoms with Crippen molar-refractivity contribution in [2.45, 2.75) is 6.92 Å². The van der Waals surface area contributed by atoms with Gasteiger partial charge in [0, 0.05) is 5.56 Å². The third-order valence-corrected chi connectivity index (χ3v) is 2.90. The zero-order valence-electron chi connectivity index (χ0n) is 10.7. The van der Waals surface area contributed by atoms with Crippen molar-refractivity contribution >= 4 is 12.3 Å². The van der Waals surface area contributed by atoms with Gasteiger partial charge in [-0.3, -0.25) is 4.79 Å². The number of phenolic OH excluding ortho intramolecular Hbond substituents is 1. The average Bonchev–Trinajstić information content (AvgIpc) is 2.41. The van der Waals surface area contributed by atoms with Gasteiger partial charge < -0.3 is 14.9 Å². The van der Waals surface area contributed by atoms with Gasteiger partial charge in [0.25, 0.3) is 0 Å². The highest BCUT2D eigenvalue weighted by Crippen LogP contribution is 2.32. The molecule has 0 amide bonds. The largest absolute Gasteiger partial charge is 0.507 e. The van der Waals surface area contributed by atoms with Crippen molar-refractivity contribution in [3.8, 4) is 17.2 Å². The maximum atomic E-state index is 11.1. The van der Waals surface area contributed by atoms with Gasteiger partial charge in [0.2, 0.25) is 0 Å². The number of ether oxygens (including phenoxy) is 1. The molecule has 0 aliphatic rings. The molecule has 0 fully saturated rings. The molecule has 0 aliphatic heterocycles. The fourth-order valence-corrected chi connectivity index (χ4v) is 1.82. The van der Waals surface area contributed by atoms with Crippen LogP contribution >= 0.6 is 0 Å². The molecule has 0 aromatic heterocycles. The van der Waals surface area contributed by atoms with E-state index in [2.05, 4.69) is 0 Å². The molecule has 0 radical (unpaired) electrons. The van der Waals surface area contributed by atoms with Gasteiger partial charge in [0.05, 0.1) is 11.1 Å². The summed E-state index contributed by atoms with van der Waals surface area (Å²) in [5.41, 5.74) is 0.586. The fourth-order valence-electron chi connectivity index (χ4n) is 1.82. The van der Waals surface area contributed by atoms with Crippen LogP contribution in [0.1, 0.15) is 26.3 Å². The lowest BCUT2D eigenvalue weighted by Gasteiger charge is -2.12. The summed E-state index contributed by atoms with van der Waals surface area (Å²) >= 11 is 0. The SMILES string of the molecule is Cc1c(Oc2cccc(O)c2C=O)cccc1C(=O)O. The van der Waals surface area contributed by atoms with Gasteiger partial charge in [-0.1, -0.05) is 12.1 Å². The summed E-state index contributed by atoms with van der Waals surface area (Å²) in [4.78, 5) is 22.0. The number of carbonyl (C=O) groups is 2. The predicted octanol–water partition coefficient (Wildman–Crippen LogP) is 3.00. The van der Waals surface area contributed by atoms with Gasteiger partial charge in [-0.25, -0.2) is 4.79 Å². The van der Waals surface area contributed by atoms with Crippen LogP contribution in [0.2, 0.25) is 0 Å². The number of hydrogen-bond donors (Lipinski definition) is 2. The van der Waals surface area contributed by atoms with E-state index in [0.717, 1.165) is 0 Å². The number of aromatic hydroxyl groups is 1. The Morgan fingerprint density at radius 1 is 1.15 bits per heavy atom. The van der Waals surface area contributed by atoms with Crippen molar-refractivity contribution in [3.05, 3.63) is 53.1 Å². The Hall–Kier alpha value is -2.82.